The normalized spacial score (nSPS) is 27.3. The second kappa shape index (κ2) is 5.00. The van der Waals surface area contributed by atoms with E-state index < -0.39 is 0 Å². The van der Waals surface area contributed by atoms with Gasteiger partial charge in [-0.2, -0.15) is 5.10 Å². The molecule has 1 aliphatic rings. The molecule has 1 aromatic heterocycles. The van der Waals surface area contributed by atoms with Crippen molar-refractivity contribution in [3.05, 3.63) is 12.2 Å². The first-order valence-electron chi connectivity index (χ1n) is 7.14. The van der Waals surface area contributed by atoms with Crippen LogP contribution in [0.3, 0.4) is 0 Å². The number of nitrogens with two attached hydrogens (primary N) is 1. The quantitative estimate of drug-likeness (QED) is 0.893. The summed E-state index contributed by atoms with van der Waals surface area (Å²) in [6, 6.07) is 0. The summed E-state index contributed by atoms with van der Waals surface area (Å²) in [6.07, 6.45) is 8.43. The predicted molar refractivity (Wildman–Crippen MR) is 73.2 cm³/mol. The van der Waals surface area contributed by atoms with Crippen LogP contribution in [0, 0.1) is 5.41 Å². The van der Waals surface area contributed by atoms with Crippen LogP contribution in [0.5, 0.6) is 0 Å². The number of hydrogen-bond donors (Lipinski definition) is 1. The third-order valence-corrected chi connectivity index (χ3v) is 4.63. The third-order valence-electron chi connectivity index (χ3n) is 4.63. The zero-order chi connectivity index (χ0) is 13.2. The molecule has 0 amide bonds. The number of nitrogens with zero attached hydrogens (tertiary/aromatic N) is 3. The Morgan fingerprint density at radius 2 is 2.06 bits per heavy atom. The molecule has 18 heavy (non-hydrogen) atoms. The van der Waals surface area contributed by atoms with Gasteiger partial charge in [0.05, 0.1) is 0 Å². The lowest BCUT2D eigenvalue weighted by atomic mass is 9.62. The second-order valence-corrected chi connectivity index (χ2v) is 6.32. The molecular formula is C14H26N4. The highest BCUT2D eigenvalue weighted by Crippen LogP contribution is 2.43. The molecule has 0 spiro atoms. The maximum Gasteiger partial charge on any atom is 0.138 e. The molecule has 1 heterocycles. The molecule has 1 saturated carbocycles. The number of hydrogen-bond acceptors (Lipinski definition) is 3. The first-order valence-corrected chi connectivity index (χ1v) is 7.14. The van der Waals surface area contributed by atoms with Crippen LogP contribution >= 0.6 is 0 Å². The van der Waals surface area contributed by atoms with Crippen LogP contribution in [0.15, 0.2) is 6.33 Å². The van der Waals surface area contributed by atoms with Crippen molar-refractivity contribution in [2.24, 2.45) is 11.1 Å². The highest BCUT2D eigenvalue weighted by atomic mass is 15.3. The van der Waals surface area contributed by atoms with E-state index >= 15 is 0 Å². The van der Waals surface area contributed by atoms with Crippen LogP contribution < -0.4 is 5.73 Å². The van der Waals surface area contributed by atoms with E-state index in [-0.39, 0.29) is 11.0 Å². The zero-order valence-electron chi connectivity index (χ0n) is 11.9. The lowest BCUT2D eigenvalue weighted by Crippen LogP contribution is -2.56. The van der Waals surface area contributed by atoms with Gasteiger partial charge in [-0.25, -0.2) is 4.98 Å². The van der Waals surface area contributed by atoms with Crippen molar-refractivity contribution >= 4 is 0 Å². The van der Waals surface area contributed by atoms with Crippen molar-refractivity contribution in [1.29, 1.82) is 0 Å². The maximum atomic E-state index is 6.71. The van der Waals surface area contributed by atoms with E-state index in [1.165, 1.54) is 19.3 Å². The fourth-order valence-electron chi connectivity index (χ4n) is 3.03. The molecule has 102 valence electrons. The fourth-order valence-corrected chi connectivity index (χ4v) is 3.03. The van der Waals surface area contributed by atoms with Crippen LogP contribution in [-0.2, 0) is 13.0 Å². The van der Waals surface area contributed by atoms with E-state index in [0.717, 1.165) is 31.6 Å². The van der Waals surface area contributed by atoms with Crippen LogP contribution in [0.2, 0.25) is 0 Å². The van der Waals surface area contributed by atoms with Gasteiger partial charge in [-0.05, 0) is 24.7 Å². The molecule has 1 aliphatic carbocycles. The van der Waals surface area contributed by atoms with E-state index in [1.54, 1.807) is 6.33 Å². The van der Waals surface area contributed by atoms with Gasteiger partial charge in [0, 0.05) is 18.5 Å². The van der Waals surface area contributed by atoms with Crippen molar-refractivity contribution in [3.63, 3.8) is 0 Å². The topological polar surface area (TPSA) is 56.7 Å². The summed E-state index contributed by atoms with van der Waals surface area (Å²) < 4.78 is 2.01. The third kappa shape index (κ3) is 2.44. The van der Waals surface area contributed by atoms with E-state index in [9.17, 15) is 0 Å². The van der Waals surface area contributed by atoms with Crippen molar-refractivity contribution in [3.8, 4) is 0 Å². The summed E-state index contributed by atoms with van der Waals surface area (Å²) >= 11 is 0. The summed E-state index contributed by atoms with van der Waals surface area (Å²) in [5, 5.41) is 4.30. The molecule has 1 aromatic rings. The van der Waals surface area contributed by atoms with Gasteiger partial charge < -0.3 is 5.73 Å². The highest BCUT2D eigenvalue weighted by Gasteiger charge is 2.44. The smallest absolute Gasteiger partial charge is 0.138 e. The average molecular weight is 250 g/mol. The Hall–Kier alpha value is -0.900. The minimum Gasteiger partial charge on any atom is -0.324 e. The summed E-state index contributed by atoms with van der Waals surface area (Å²) in [7, 11) is 0. The van der Waals surface area contributed by atoms with Gasteiger partial charge in [-0.15, -0.1) is 0 Å². The molecule has 1 unspecified atom stereocenters. The van der Waals surface area contributed by atoms with Gasteiger partial charge >= 0.3 is 0 Å². The largest absolute Gasteiger partial charge is 0.324 e. The van der Waals surface area contributed by atoms with E-state index in [1.807, 2.05) is 4.68 Å². The zero-order valence-corrected chi connectivity index (χ0v) is 11.9. The molecule has 0 saturated heterocycles. The number of aromatic nitrogens is 3. The Balaban J connectivity index is 2.18. The Labute approximate surface area is 110 Å². The SMILES string of the molecule is CCCn1ncnc1CC1(N)CCCCC1(C)C. The summed E-state index contributed by atoms with van der Waals surface area (Å²) in [4.78, 5) is 4.41. The molecular weight excluding hydrogens is 224 g/mol. The van der Waals surface area contributed by atoms with Crippen LogP contribution in [0.4, 0.5) is 0 Å². The van der Waals surface area contributed by atoms with Gasteiger partial charge in [-0.3, -0.25) is 4.68 Å². The molecule has 0 radical (unpaired) electrons. The van der Waals surface area contributed by atoms with Gasteiger partial charge in [0.2, 0.25) is 0 Å². The van der Waals surface area contributed by atoms with E-state index in [0.29, 0.717) is 0 Å². The molecule has 4 heteroatoms. The monoisotopic (exact) mass is 250 g/mol. The number of aryl methyl sites for hydroxylation is 1. The van der Waals surface area contributed by atoms with Gasteiger partial charge in [0.25, 0.3) is 0 Å². The first-order chi connectivity index (χ1) is 8.48. The Morgan fingerprint density at radius 1 is 1.33 bits per heavy atom. The second-order valence-electron chi connectivity index (χ2n) is 6.32. The molecule has 0 aromatic carbocycles. The molecule has 2 rings (SSSR count). The van der Waals surface area contributed by atoms with Crippen molar-refractivity contribution in [2.75, 3.05) is 0 Å². The molecule has 1 fully saturated rings. The Morgan fingerprint density at radius 3 is 2.72 bits per heavy atom. The van der Waals surface area contributed by atoms with Gasteiger partial charge in [0.15, 0.2) is 0 Å². The fraction of sp³-hybridized carbons (Fsp3) is 0.857. The molecule has 1 atom stereocenters. The highest BCUT2D eigenvalue weighted by molar-refractivity contribution is 5.06. The van der Waals surface area contributed by atoms with Gasteiger partial charge in [-0.1, -0.05) is 33.6 Å². The Bertz CT molecular complexity index is 396. The minimum absolute atomic E-state index is 0.135. The van der Waals surface area contributed by atoms with Crippen molar-refractivity contribution in [2.45, 2.75) is 71.4 Å². The van der Waals surface area contributed by atoms with E-state index in [2.05, 4.69) is 30.9 Å². The minimum atomic E-state index is -0.135. The predicted octanol–water partition coefficient (Wildman–Crippen LogP) is 2.53. The van der Waals surface area contributed by atoms with Crippen LogP contribution in [0.1, 0.15) is 58.7 Å². The molecule has 4 nitrogen and oxygen atoms in total. The summed E-state index contributed by atoms with van der Waals surface area (Å²) in [5.74, 6) is 1.05. The number of rotatable bonds is 4. The maximum absolute atomic E-state index is 6.71. The lowest BCUT2D eigenvalue weighted by Gasteiger charge is -2.47. The van der Waals surface area contributed by atoms with Crippen molar-refractivity contribution in [1.82, 2.24) is 14.8 Å². The molecule has 0 bridgehead atoms. The standard InChI is InChI=1S/C14H26N4/c1-4-9-18-12(16-11-17-18)10-14(15)8-6-5-7-13(14,2)3/h11H,4-10,15H2,1-3H3. The van der Waals surface area contributed by atoms with E-state index in [4.69, 9.17) is 5.73 Å². The first kappa shape index (κ1) is 13.5. The Kier molecular flexibility index (Phi) is 3.76. The van der Waals surface area contributed by atoms with Crippen LogP contribution in [0.25, 0.3) is 0 Å². The molecule has 2 N–H and O–H groups in total. The summed E-state index contributed by atoms with van der Waals surface area (Å²) in [6.45, 7) is 7.69. The average Bonchev–Trinajstić information content (AvgIpc) is 2.71. The lowest BCUT2D eigenvalue weighted by molar-refractivity contribution is 0.0959. The molecule has 0 aliphatic heterocycles. The van der Waals surface area contributed by atoms with Crippen molar-refractivity contribution < 1.29 is 0 Å². The van der Waals surface area contributed by atoms with Crippen LogP contribution in [-0.4, -0.2) is 20.3 Å². The van der Waals surface area contributed by atoms with Gasteiger partial charge in [0.1, 0.15) is 12.2 Å². The summed E-state index contributed by atoms with van der Waals surface area (Å²) in [5.41, 5.74) is 6.77.